The minimum atomic E-state index is -2.71. The number of halogens is 3. The second kappa shape index (κ2) is 8.73. The molecule has 0 aliphatic heterocycles. The fourth-order valence-corrected chi connectivity index (χ4v) is 4.72. The molecule has 1 amide bonds. The summed E-state index contributed by atoms with van der Waals surface area (Å²) < 4.78 is 42.4. The topological polar surface area (TPSA) is 116 Å². The van der Waals surface area contributed by atoms with E-state index in [9.17, 15) is 28.1 Å². The molecule has 13 heteroatoms. The van der Waals surface area contributed by atoms with Gasteiger partial charge in [0, 0.05) is 24.5 Å². The standard InChI is InChI=1S/C22H17F3N6O3S/c23-13-3-1-12(2-4-13)18-27-19(29-21(32)16-5-6-17(35-16)31(33)34)15-11-26-30(20(15)28-18)14-7-9-22(24,25)10-8-14/h1-6,11,14H,7-10H2,(H,27,28,29,32). The van der Waals surface area contributed by atoms with Crippen molar-refractivity contribution in [2.75, 3.05) is 5.32 Å². The van der Waals surface area contributed by atoms with Gasteiger partial charge >= 0.3 is 5.00 Å². The van der Waals surface area contributed by atoms with Crippen LogP contribution in [0.5, 0.6) is 0 Å². The minimum absolute atomic E-state index is 0.0998. The number of carbonyl (C=O) groups excluding carboxylic acids is 1. The predicted octanol–water partition coefficient (Wildman–Crippen LogP) is 5.60. The molecule has 3 aromatic heterocycles. The summed E-state index contributed by atoms with van der Waals surface area (Å²) >= 11 is 0.716. The summed E-state index contributed by atoms with van der Waals surface area (Å²) in [6.07, 6.45) is 1.33. The van der Waals surface area contributed by atoms with Crippen LogP contribution in [0.1, 0.15) is 41.4 Å². The molecule has 1 aromatic carbocycles. The first-order valence-corrected chi connectivity index (χ1v) is 11.5. The van der Waals surface area contributed by atoms with Crippen molar-refractivity contribution in [2.24, 2.45) is 0 Å². The monoisotopic (exact) mass is 502 g/mol. The zero-order valence-corrected chi connectivity index (χ0v) is 18.8. The van der Waals surface area contributed by atoms with Crippen LogP contribution in [0.25, 0.3) is 22.4 Å². The molecule has 0 radical (unpaired) electrons. The number of fused-ring (bicyclic) bond motifs is 1. The van der Waals surface area contributed by atoms with Crippen LogP contribution in [-0.2, 0) is 0 Å². The van der Waals surface area contributed by atoms with E-state index in [2.05, 4.69) is 20.4 Å². The number of nitrogens with one attached hydrogen (secondary N) is 1. The Labute approximate surface area is 199 Å². The number of benzene rings is 1. The van der Waals surface area contributed by atoms with E-state index in [0.29, 0.717) is 27.9 Å². The number of nitro groups is 1. The molecular weight excluding hydrogens is 485 g/mol. The number of carbonyl (C=O) groups is 1. The highest BCUT2D eigenvalue weighted by Crippen LogP contribution is 2.39. The van der Waals surface area contributed by atoms with Crippen LogP contribution in [0.2, 0.25) is 0 Å². The van der Waals surface area contributed by atoms with Crippen molar-refractivity contribution < 1.29 is 22.9 Å². The first kappa shape index (κ1) is 22.9. The molecule has 180 valence electrons. The number of nitrogens with zero attached hydrogens (tertiary/aromatic N) is 5. The Hall–Kier alpha value is -3.87. The highest BCUT2D eigenvalue weighted by atomic mass is 32.1. The second-order valence-corrected chi connectivity index (χ2v) is 9.23. The molecular formula is C22H17F3N6O3S. The Morgan fingerprint density at radius 1 is 1.14 bits per heavy atom. The molecule has 1 aliphatic carbocycles. The Bertz CT molecular complexity index is 1430. The Morgan fingerprint density at radius 2 is 1.86 bits per heavy atom. The zero-order valence-electron chi connectivity index (χ0n) is 18.0. The third-order valence-electron chi connectivity index (χ3n) is 5.82. The average molecular weight is 502 g/mol. The van der Waals surface area contributed by atoms with Gasteiger partial charge < -0.3 is 5.32 Å². The average Bonchev–Trinajstić information content (AvgIpc) is 3.48. The molecule has 0 bridgehead atoms. The van der Waals surface area contributed by atoms with E-state index in [1.165, 1.54) is 42.6 Å². The maximum absolute atomic E-state index is 13.7. The van der Waals surface area contributed by atoms with E-state index in [0.717, 1.165) is 0 Å². The lowest BCUT2D eigenvalue weighted by atomic mass is 9.92. The summed E-state index contributed by atoms with van der Waals surface area (Å²) in [6.45, 7) is 0. The van der Waals surface area contributed by atoms with Crippen LogP contribution >= 0.6 is 11.3 Å². The Balaban J connectivity index is 1.56. The highest BCUT2D eigenvalue weighted by Gasteiger charge is 2.36. The van der Waals surface area contributed by atoms with E-state index in [1.807, 2.05) is 0 Å². The molecule has 0 atom stereocenters. The highest BCUT2D eigenvalue weighted by molar-refractivity contribution is 7.17. The number of amides is 1. The Morgan fingerprint density at radius 3 is 2.51 bits per heavy atom. The van der Waals surface area contributed by atoms with Crippen LogP contribution in [0.15, 0.2) is 42.6 Å². The molecule has 1 aliphatic rings. The SMILES string of the molecule is O=C(Nc1nc(-c2ccc(F)cc2)nc2c1cnn2C1CCC(F)(F)CC1)c1ccc([N+](=O)[O-])s1. The number of anilines is 1. The molecule has 0 spiro atoms. The lowest BCUT2D eigenvalue weighted by Gasteiger charge is -2.28. The third kappa shape index (κ3) is 4.58. The minimum Gasteiger partial charge on any atom is -0.305 e. The largest absolute Gasteiger partial charge is 0.324 e. The second-order valence-electron chi connectivity index (χ2n) is 8.17. The van der Waals surface area contributed by atoms with Crippen molar-refractivity contribution in [3.05, 3.63) is 63.4 Å². The van der Waals surface area contributed by atoms with Gasteiger partial charge in [0.1, 0.15) is 11.6 Å². The van der Waals surface area contributed by atoms with Crippen LogP contribution in [0.4, 0.5) is 24.0 Å². The van der Waals surface area contributed by atoms with Gasteiger partial charge in [0.2, 0.25) is 5.92 Å². The summed E-state index contributed by atoms with van der Waals surface area (Å²) in [6, 6.07) is 7.70. The summed E-state index contributed by atoms with van der Waals surface area (Å²) in [5.74, 6) is -3.50. The summed E-state index contributed by atoms with van der Waals surface area (Å²) in [5.41, 5.74) is 0.806. The van der Waals surface area contributed by atoms with Crippen molar-refractivity contribution in [1.29, 1.82) is 0 Å². The van der Waals surface area contributed by atoms with Crippen molar-refractivity contribution in [3.8, 4) is 11.4 Å². The lowest BCUT2D eigenvalue weighted by molar-refractivity contribution is -0.380. The first-order chi connectivity index (χ1) is 16.7. The number of hydrogen-bond acceptors (Lipinski definition) is 7. The molecule has 4 aromatic rings. The van der Waals surface area contributed by atoms with Crippen molar-refractivity contribution in [1.82, 2.24) is 19.7 Å². The van der Waals surface area contributed by atoms with Crippen LogP contribution < -0.4 is 5.32 Å². The van der Waals surface area contributed by atoms with Crippen LogP contribution in [-0.4, -0.2) is 36.5 Å². The van der Waals surface area contributed by atoms with Crippen molar-refractivity contribution in [2.45, 2.75) is 37.6 Å². The molecule has 0 unspecified atom stereocenters. The summed E-state index contributed by atoms with van der Waals surface area (Å²) in [5, 5.41) is 18.2. The first-order valence-electron chi connectivity index (χ1n) is 10.6. The van der Waals surface area contributed by atoms with E-state index in [-0.39, 0.29) is 53.2 Å². The molecule has 1 N–H and O–H groups in total. The third-order valence-corrected chi connectivity index (χ3v) is 6.85. The van der Waals surface area contributed by atoms with Gasteiger partial charge in [0.05, 0.1) is 27.4 Å². The molecule has 5 rings (SSSR count). The van der Waals surface area contributed by atoms with Gasteiger partial charge in [0.25, 0.3) is 5.91 Å². The normalized spacial score (nSPS) is 15.9. The number of hydrogen-bond donors (Lipinski definition) is 1. The molecule has 3 heterocycles. The van der Waals surface area contributed by atoms with Crippen molar-refractivity contribution in [3.63, 3.8) is 0 Å². The van der Waals surface area contributed by atoms with E-state index < -0.39 is 22.6 Å². The quantitative estimate of drug-likeness (QED) is 0.280. The van der Waals surface area contributed by atoms with E-state index >= 15 is 0 Å². The molecule has 0 saturated heterocycles. The van der Waals surface area contributed by atoms with E-state index in [1.54, 1.807) is 4.68 Å². The van der Waals surface area contributed by atoms with Gasteiger partial charge in [-0.2, -0.15) is 5.10 Å². The fraction of sp³-hybridized carbons (Fsp3) is 0.273. The predicted molar refractivity (Wildman–Crippen MR) is 122 cm³/mol. The fourth-order valence-electron chi connectivity index (χ4n) is 4.00. The van der Waals surface area contributed by atoms with Gasteiger partial charge in [-0.15, -0.1) is 0 Å². The number of rotatable bonds is 5. The number of alkyl halides is 2. The molecule has 1 fully saturated rings. The van der Waals surface area contributed by atoms with E-state index in [4.69, 9.17) is 0 Å². The molecule has 35 heavy (non-hydrogen) atoms. The zero-order chi connectivity index (χ0) is 24.7. The number of thiophene rings is 1. The smallest absolute Gasteiger partial charge is 0.305 e. The van der Waals surface area contributed by atoms with Crippen LogP contribution in [0, 0.1) is 15.9 Å². The van der Waals surface area contributed by atoms with Gasteiger partial charge in [-0.05, 0) is 43.2 Å². The van der Waals surface area contributed by atoms with Gasteiger partial charge in [-0.3, -0.25) is 14.9 Å². The molecule has 1 saturated carbocycles. The maximum Gasteiger partial charge on any atom is 0.324 e. The molecule has 9 nitrogen and oxygen atoms in total. The number of aromatic nitrogens is 4. The van der Waals surface area contributed by atoms with Crippen LogP contribution in [0.3, 0.4) is 0 Å². The van der Waals surface area contributed by atoms with Gasteiger partial charge in [-0.25, -0.2) is 27.8 Å². The lowest BCUT2D eigenvalue weighted by Crippen LogP contribution is -2.27. The maximum atomic E-state index is 13.7. The summed E-state index contributed by atoms with van der Waals surface area (Å²) in [7, 11) is 0. The van der Waals surface area contributed by atoms with Gasteiger partial charge in [0.15, 0.2) is 11.5 Å². The van der Waals surface area contributed by atoms with Gasteiger partial charge in [-0.1, -0.05) is 11.3 Å². The Kier molecular flexibility index (Phi) is 5.71. The van der Waals surface area contributed by atoms with Crippen molar-refractivity contribution >= 4 is 39.1 Å². The summed E-state index contributed by atoms with van der Waals surface area (Å²) in [4.78, 5) is 32.3.